The van der Waals surface area contributed by atoms with Crippen LogP contribution in [0.3, 0.4) is 0 Å². The molecular formula is C20H26FIN4O2. The molecule has 152 valence electrons. The number of benzene rings is 2. The van der Waals surface area contributed by atoms with Crippen LogP contribution < -0.4 is 20.7 Å². The molecule has 0 fully saturated rings. The Morgan fingerprint density at radius 3 is 2.50 bits per heavy atom. The smallest absolute Gasteiger partial charge is 0.221 e. The van der Waals surface area contributed by atoms with E-state index in [-0.39, 0.29) is 35.7 Å². The highest BCUT2D eigenvalue weighted by Gasteiger charge is 2.01. The van der Waals surface area contributed by atoms with Crippen LogP contribution in [0.25, 0.3) is 0 Å². The van der Waals surface area contributed by atoms with Gasteiger partial charge in [0.05, 0.1) is 6.54 Å². The lowest BCUT2D eigenvalue weighted by atomic mass is 10.1. The number of ether oxygens (including phenoxy) is 1. The van der Waals surface area contributed by atoms with Crippen LogP contribution >= 0.6 is 24.0 Å². The zero-order valence-electron chi connectivity index (χ0n) is 16.0. The first-order valence-electron chi connectivity index (χ1n) is 8.76. The van der Waals surface area contributed by atoms with Gasteiger partial charge < -0.3 is 20.7 Å². The predicted octanol–water partition coefficient (Wildman–Crippen LogP) is 3.19. The van der Waals surface area contributed by atoms with E-state index in [2.05, 4.69) is 20.9 Å². The standard InChI is InChI=1S/C20H25FN4O2.HI/c1-15(26)25-18-4-3-5-19(14-18)27-13-12-24-20(22-2)23-11-10-16-6-8-17(21)9-7-16;/h3-9,14H,10-13H2,1-2H3,(H,25,26)(H2,22,23,24);1H. The molecule has 0 atom stereocenters. The molecule has 1 amide bonds. The van der Waals surface area contributed by atoms with E-state index in [0.29, 0.717) is 37.1 Å². The molecule has 28 heavy (non-hydrogen) atoms. The first-order valence-corrected chi connectivity index (χ1v) is 8.76. The molecule has 0 unspecified atom stereocenters. The molecule has 2 aromatic rings. The van der Waals surface area contributed by atoms with Crippen molar-refractivity contribution < 1.29 is 13.9 Å². The molecule has 0 aliphatic heterocycles. The zero-order valence-corrected chi connectivity index (χ0v) is 18.3. The van der Waals surface area contributed by atoms with Gasteiger partial charge in [-0.15, -0.1) is 24.0 Å². The Morgan fingerprint density at radius 1 is 1.11 bits per heavy atom. The topological polar surface area (TPSA) is 74.8 Å². The van der Waals surface area contributed by atoms with Crippen molar-refractivity contribution in [3.8, 4) is 5.75 Å². The molecule has 0 aliphatic carbocycles. The summed E-state index contributed by atoms with van der Waals surface area (Å²) in [5, 5.41) is 9.09. The number of amides is 1. The lowest BCUT2D eigenvalue weighted by molar-refractivity contribution is -0.114. The maximum Gasteiger partial charge on any atom is 0.221 e. The van der Waals surface area contributed by atoms with E-state index < -0.39 is 0 Å². The normalized spacial score (nSPS) is 10.6. The highest BCUT2D eigenvalue weighted by molar-refractivity contribution is 14.0. The van der Waals surface area contributed by atoms with Gasteiger partial charge in [0.25, 0.3) is 0 Å². The summed E-state index contributed by atoms with van der Waals surface area (Å²) in [5.74, 6) is 1.01. The quantitative estimate of drug-likeness (QED) is 0.225. The number of carbonyl (C=O) groups excluding carboxylic acids is 1. The summed E-state index contributed by atoms with van der Waals surface area (Å²) in [4.78, 5) is 15.2. The van der Waals surface area contributed by atoms with Gasteiger partial charge in [0.15, 0.2) is 5.96 Å². The molecule has 0 bridgehead atoms. The predicted molar refractivity (Wildman–Crippen MR) is 121 cm³/mol. The fourth-order valence-corrected chi connectivity index (χ4v) is 2.40. The van der Waals surface area contributed by atoms with Crippen LogP contribution in [0.5, 0.6) is 5.75 Å². The van der Waals surface area contributed by atoms with Gasteiger partial charge >= 0.3 is 0 Å². The summed E-state index contributed by atoms with van der Waals surface area (Å²) in [6.45, 7) is 3.17. The fourth-order valence-electron chi connectivity index (χ4n) is 2.40. The third-order valence-corrected chi connectivity index (χ3v) is 3.66. The van der Waals surface area contributed by atoms with Gasteiger partial charge in [0.2, 0.25) is 5.91 Å². The van der Waals surface area contributed by atoms with Crippen LogP contribution in [-0.2, 0) is 11.2 Å². The minimum Gasteiger partial charge on any atom is -0.492 e. The van der Waals surface area contributed by atoms with Crippen molar-refractivity contribution in [1.29, 1.82) is 0 Å². The van der Waals surface area contributed by atoms with Gasteiger partial charge in [-0.05, 0) is 36.2 Å². The highest BCUT2D eigenvalue weighted by Crippen LogP contribution is 2.16. The third-order valence-electron chi connectivity index (χ3n) is 3.66. The van der Waals surface area contributed by atoms with Crippen molar-refractivity contribution in [3.05, 3.63) is 59.9 Å². The second kappa shape index (κ2) is 12.9. The number of hydrogen-bond acceptors (Lipinski definition) is 3. The Kier molecular flexibility index (Phi) is 10.9. The van der Waals surface area contributed by atoms with Crippen LogP contribution in [0.1, 0.15) is 12.5 Å². The van der Waals surface area contributed by atoms with Crippen LogP contribution in [0.4, 0.5) is 10.1 Å². The molecular weight excluding hydrogens is 474 g/mol. The first kappa shape index (κ1) is 23.7. The minimum atomic E-state index is -0.230. The van der Waals surface area contributed by atoms with E-state index in [0.717, 1.165) is 12.0 Å². The molecule has 0 heterocycles. The average molecular weight is 500 g/mol. The molecule has 2 aromatic carbocycles. The zero-order chi connectivity index (χ0) is 19.5. The van der Waals surface area contributed by atoms with E-state index in [1.54, 1.807) is 31.3 Å². The number of halogens is 2. The number of hydrogen-bond donors (Lipinski definition) is 3. The molecule has 6 nitrogen and oxygen atoms in total. The largest absolute Gasteiger partial charge is 0.492 e. The second-order valence-electron chi connectivity index (χ2n) is 5.86. The van der Waals surface area contributed by atoms with Gasteiger partial charge in [0, 0.05) is 32.3 Å². The molecule has 3 N–H and O–H groups in total. The third kappa shape index (κ3) is 9.03. The van der Waals surface area contributed by atoms with Gasteiger partial charge in [-0.25, -0.2) is 4.39 Å². The second-order valence-corrected chi connectivity index (χ2v) is 5.86. The molecule has 0 aliphatic rings. The van der Waals surface area contributed by atoms with Crippen molar-refractivity contribution in [2.75, 3.05) is 32.1 Å². The van der Waals surface area contributed by atoms with Gasteiger partial charge in [-0.3, -0.25) is 9.79 Å². The van der Waals surface area contributed by atoms with Crippen molar-refractivity contribution in [2.24, 2.45) is 4.99 Å². The van der Waals surface area contributed by atoms with Crippen LogP contribution in [0.2, 0.25) is 0 Å². The number of carbonyl (C=O) groups is 1. The number of anilines is 1. The number of aliphatic imine (C=N–C) groups is 1. The summed E-state index contributed by atoms with van der Waals surface area (Å²) < 4.78 is 18.6. The molecule has 0 radical (unpaired) electrons. The Hall–Kier alpha value is -2.36. The monoisotopic (exact) mass is 500 g/mol. The average Bonchev–Trinajstić information content (AvgIpc) is 2.65. The number of guanidine groups is 1. The van der Waals surface area contributed by atoms with E-state index >= 15 is 0 Å². The van der Waals surface area contributed by atoms with Crippen LogP contribution in [0.15, 0.2) is 53.5 Å². The van der Waals surface area contributed by atoms with Gasteiger partial charge in [0.1, 0.15) is 18.2 Å². The molecule has 0 spiro atoms. The summed E-state index contributed by atoms with van der Waals surface area (Å²) in [5.41, 5.74) is 1.76. The Morgan fingerprint density at radius 2 is 1.82 bits per heavy atom. The van der Waals surface area contributed by atoms with Crippen molar-refractivity contribution >= 4 is 41.5 Å². The number of rotatable bonds is 8. The highest BCUT2D eigenvalue weighted by atomic mass is 127. The van der Waals surface area contributed by atoms with Gasteiger partial charge in [-0.2, -0.15) is 0 Å². The van der Waals surface area contributed by atoms with Crippen LogP contribution in [-0.4, -0.2) is 38.6 Å². The molecule has 0 saturated carbocycles. The molecule has 0 aromatic heterocycles. The summed E-state index contributed by atoms with van der Waals surface area (Å²) >= 11 is 0. The Labute approximate surface area is 182 Å². The van der Waals surface area contributed by atoms with Crippen LogP contribution in [0, 0.1) is 5.82 Å². The van der Waals surface area contributed by atoms with E-state index in [9.17, 15) is 9.18 Å². The number of nitrogens with one attached hydrogen (secondary N) is 3. The Bertz CT molecular complexity index is 769. The summed E-state index contributed by atoms with van der Waals surface area (Å²) in [7, 11) is 1.70. The molecule has 2 rings (SSSR count). The number of nitrogens with zero attached hydrogens (tertiary/aromatic N) is 1. The summed E-state index contributed by atoms with van der Waals surface area (Å²) in [6.07, 6.45) is 0.771. The van der Waals surface area contributed by atoms with E-state index in [1.807, 2.05) is 12.1 Å². The maximum atomic E-state index is 12.9. The molecule has 8 heteroatoms. The van der Waals surface area contributed by atoms with Crippen molar-refractivity contribution in [2.45, 2.75) is 13.3 Å². The fraction of sp³-hybridized carbons (Fsp3) is 0.300. The Balaban J connectivity index is 0.00000392. The lowest BCUT2D eigenvalue weighted by Crippen LogP contribution is -2.40. The van der Waals surface area contributed by atoms with Gasteiger partial charge in [-0.1, -0.05) is 18.2 Å². The lowest BCUT2D eigenvalue weighted by Gasteiger charge is -2.13. The first-order chi connectivity index (χ1) is 13.1. The minimum absolute atomic E-state index is 0. The molecule has 0 saturated heterocycles. The van der Waals surface area contributed by atoms with E-state index in [1.165, 1.54) is 19.1 Å². The van der Waals surface area contributed by atoms with Crippen molar-refractivity contribution in [3.63, 3.8) is 0 Å². The summed E-state index contributed by atoms with van der Waals surface area (Å²) in [6, 6.07) is 13.7. The van der Waals surface area contributed by atoms with E-state index in [4.69, 9.17) is 4.74 Å². The SMILES string of the molecule is CN=C(NCCOc1cccc(NC(C)=O)c1)NCCc1ccc(F)cc1.I. The maximum absolute atomic E-state index is 12.9. The van der Waals surface area contributed by atoms with Crippen molar-refractivity contribution in [1.82, 2.24) is 10.6 Å².